The maximum absolute atomic E-state index is 11.6. The molecule has 5 nitrogen and oxygen atoms in total. The van der Waals surface area contributed by atoms with Crippen molar-refractivity contribution in [3.63, 3.8) is 0 Å². The molecule has 0 amide bonds. The molecular weight excluding hydrogens is 348 g/mol. The number of aliphatic hydroxyl groups excluding tert-OH is 1. The van der Waals surface area contributed by atoms with Crippen molar-refractivity contribution >= 4 is 9.84 Å². The highest BCUT2D eigenvalue weighted by atomic mass is 32.2. The van der Waals surface area contributed by atoms with Crippen LogP contribution in [0.1, 0.15) is 31.2 Å². The van der Waals surface area contributed by atoms with E-state index in [1.54, 1.807) is 12.1 Å². The third-order valence-corrected chi connectivity index (χ3v) is 7.77. The van der Waals surface area contributed by atoms with Crippen molar-refractivity contribution in [3.8, 4) is 0 Å². The number of likely N-dealkylation sites (tertiary alicyclic amines) is 1. The van der Waals surface area contributed by atoms with Crippen molar-refractivity contribution in [1.82, 2.24) is 9.80 Å². The molecule has 2 bridgehead atoms. The zero-order valence-corrected chi connectivity index (χ0v) is 16.4. The Hall–Kier alpha value is -0.950. The van der Waals surface area contributed by atoms with Crippen molar-refractivity contribution in [3.05, 3.63) is 29.8 Å². The molecule has 3 saturated heterocycles. The van der Waals surface area contributed by atoms with Gasteiger partial charge in [0, 0.05) is 38.0 Å². The predicted octanol–water partition coefficient (Wildman–Crippen LogP) is 1.76. The average molecular weight is 379 g/mol. The lowest BCUT2D eigenvalue weighted by Crippen LogP contribution is -2.64. The van der Waals surface area contributed by atoms with Gasteiger partial charge in [-0.25, -0.2) is 8.42 Å². The first-order valence-corrected chi connectivity index (χ1v) is 11.7. The number of fused-ring (bicyclic) bond motifs is 4. The first-order valence-electron chi connectivity index (χ1n) is 9.83. The summed E-state index contributed by atoms with van der Waals surface area (Å²) in [6.45, 7) is 4.42. The van der Waals surface area contributed by atoms with Gasteiger partial charge in [0.1, 0.15) is 0 Å². The second-order valence-corrected chi connectivity index (χ2v) is 10.4. The molecule has 3 aliphatic heterocycles. The van der Waals surface area contributed by atoms with Crippen LogP contribution in [0.15, 0.2) is 29.2 Å². The monoisotopic (exact) mass is 378 g/mol. The fraction of sp³-hybridized carbons (Fsp3) is 0.700. The highest BCUT2D eigenvalue weighted by Gasteiger charge is 2.46. The van der Waals surface area contributed by atoms with E-state index in [1.165, 1.54) is 37.5 Å². The van der Waals surface area contributed by atoms with Gasteiger partial charge in [-0.15, -0.1) is 0 Å². The summed E-state index contributed by atoms with van der Waals surface area (Å²) < 4.78 is 23.3. The molecule has 3 heterocycles. The number of sulfone groups is 1. The summed E-state index contributed by atoms with van der Waals surface area (Å²) in [5.74, 6) is 1.25. The van der Waals surface area contributed by atoms with E-state index in [4.69, 9.17) is 0 Å². The molecule has 4 atom stereocenters. The molecule has 1 aromatic carbocycles. The van der Waals surface area contributed by atoms with Crippen LogP contribution in [-0.2, 0) is 16.4 Å². The molecule has 26 heavy (non-hydrogen) atoms. The van der Waals surface area contributed by atoms with E-state index in [-0.39, 0.29) is 6.61 Å². The van der Waals surface area contributed by atoms with Gasteiger partial charge in [0.05, 0.1) is 11.5 Å². The van der Waals surface area contributed by atoms with Crippen LogP contribution >= 0.6 is 0 Å². The molecule has 4 rings (SSSR count). The molecule has 0 radical (unpaired) electrons. The maximum atomic E-state index is 11.6. The third kappa shape index (κ3) is 3.57. The van der Waals surface area contributed by atoms with Crippen LogP contribution in [0.2, 0.25) is 0 Å². The lowest BCUT2D eigenvalue weighted by molar-refractivity contribution is -0.0875. The fourth-order valence-corrected chi connectivity index (χ4v) is 6.12. The Bertz CT molecular complexity index is 720. The Labute approximate surface area is 156 Å². The van der Waals surface area contributed by atoms with E-state index in [0.717, 1.165) is 26.2 Å². The second-order valence-electron chi connectivity index (χ2n) is 8.42. The number of piperidine rings is 3. The summed E-state index contributed by atoms with van der Waals surface area (Å²) >= 11 is 0. The van der Waals surface area contributed by atoms with Crippen LogP contribution in [0.5, 0.6) is 0 Å². The molecule has 1 N–H and O–H groups in total. The van der Waals surface area contributed by atoms with Crippen molar-refractivity contribution in [1.29, 1.82) is 0 Å². The second kappa shape index (κ2) is 7.23. The highest BCUT2D eigenvalue weighted by molar-refractivity contribution is 7.90. The quantitative estimate of drug-likeness (QED) is 0.865. The van der Waals surface area contributed by atoms with Crippen LogP contribution in [0.4, 0.5) is 0 Å². The Morgan fingerprint density at radius 3 is 2.54 bits per heavy atom. The highest BCUT2D eigenvalue weighted by Crippen LogP contribution is 2.41. The molecule has 3 fully saturated rings. The van der Waals surface area contributed by atoms with Gasteiger partial charge in [-0.2, -0.15) is 0 Å². The topological polar surface area (TPSA) is 60.9 Å². The zero-order chi connectivity index (χ0) is 18.3. The van der Waals surface area contributed by atoms with Crippen molar-refractivity contribution in [2.24, 2.45) is 11.8 Å². The van der Waals surface area contributed by atoms with Gasteiger partial charge < -0.3 is 5.11 Å². The number of nitrogens with zero attached hydrogens (tertiary/aromatic N) is 2. The minimum atomic E-state index is -3.14. The fourth-order valence-electron chi connectivity index (χ4n) is 5.49. The molecule has 0 spiro atoms. The van der Waals surface area contributed by atoms with Gasteiger partial charge in [-0.3, -0.25) is 9.80 Å². The summed E-state index contributed by atoms with van der Waals surface area (Å²) in [4.78, 5) is 5.51. The largest absolute Gasteiger partial charge is 0.395 e. The Morgan fingerprint density at radius 1 is 1.12 bits per heavy atom. The summed E-state index contributed by atoms with van der Waals surface area (Å²) in [6.07, 6.45) is 6.34. The molecular formula is C20H30N2O3S. The number of rotatable bonds is 4. The minimum Gasteiger partial charge on any atom is -0.395 e. The number of aliphatic hydroxyl groups is 1. The van der Waals surface area contributed by atoms with Gasteiger partial charge in [0.15, 0.2) is 9.84 Å². The van der Waals surface area contributed by atoms with Gasteiger partial charge in [-0.05, 0) is 55.3 Å². The lowest BCUT2D eigenvalue weighted by Gasteiger charge is -2.56. The predicted molar refractivity (Wildman–Crippen MR) is 102 cm³/mol. The van der Waals surface area contributed by atoms with Gasteiger partial charge in [-0.1, -0.05) is 18.6 Å². The minimum absolute atomic E-state index is 0.269. The van der Waals surface area contributed by atoms with Gasteiger partial charge in [0.25, 0.3) is 0 Å². The lowest BCUT2D eigenvalue weighted by atomic mass is 9.72. The van der Waals surface area contributed by atoms with Crippen molar-refractivity contribution in [2.45, 2.75) is 49.2 Å². The number of hydrogen-bond acceptors (Lipinski definition) is 5. The molecule has 144 valence electrons. The smallest absolute Gasteiger partial charge is 0.175 e. The summed E-state index contributed by atoms with van der Waals surface area (Å²) in [5, 5.41) is 10.0. The van der Waals surface area contributed by atoms with Crippen LogP contribution < -0.4 is 0 Å². The van der Waals surface area contributed by atoms with E-state index in [9.17, 15) is 13.5 Å². The molecule has 0 unspecified atom stereocenters. The number of benzene rings is 1. The Morgan fingerprint density at radius 2 is 1.85 bits per heavy atom. The molecule has 0 aromatic heterocycles. The normalized spacial score (nSPS) is 33.0. The van der Waals surface area contributed by atoms with E-state index in [2.05, 4.69) is 9.80 Å². The zero-order valence-electron chi connectivity index (χ0n) is 15.5. The molecule has 0 saturated carbocycles. The van der Waals surface area contributed by atoms with Gasteiger partial charge in [0.2, 0.25) is 0 Å². The summed E-state index contributed by atoms with van der Waals surface area (Å²) in [5.41, 5.74) is 1.17. The van der Waals surface area contributed by atoms with E-state index in [0.29, 0.717) is 28.8 Å². The van der Waals surface area contributed by atoms with Crippen LogP contribution in [0.3, 0.4) is 0 Å². The van der Waals surface area contributed by atoms with E-state index in [1.807, 2.05) is 12.1 Å². The first kappa shape index (κ1) is 18.4. The van der Waals surface area contributed by atoms with E-state index < -0.39 is 9.84 Å². The summed E-state index contributed by atoms with van der Waals surface area (Å²) in [6, 6.07) is 8.26. The van der Waals surface area contributed by atoms with Gasteiger partial charge >= 0.3 is 0 Å². The Kier molecular flexibility index (Phi) is 5.12. The SMILES string of the molecule is CS(=O)(=O)c1ccc(CN2C[C@H]3C[C@@H](C2)[C@H](CO)N2CCCC[C@@H]32)cc1. The molecule has 6 heteroatoms. The van der Waals surface area contributed by atoms with Crippen molar-refractivity contribution in [2.75, 3.05) is 32.5 Å². The van der Waals surface area contributed by atoms with Crippen LogP contribution in [-0.4, -0.2) is 67.9 Å². The maximum Gasteiger partial charge on any atom is 0.175 e. The third-order valence-electron chi connectivity index (χ3n) is 6.64. The van der Waals surface area contributed by atoms with Crippen LogP contribution in [0, 0.1) is 11.8 Å². The Balaban J connectivity index is 1.48. The van der Waals surface area contributed by atoms with E-state index >= 15 is 0 Å². The molecule has 1 aromatic rings. The van der Waals surface area contributed by atoms with Crippen LogP contribution in [0.25, 0.3) is 0 Å². The summed E-state index contributed by atoms with van der Waals surface area (Å²) in [7, 11) is -3.14. The number of hydrogen-bond donors (Lipinski definition) is 1. The first-order chi connectivity index (χ1) is 12.5. The molecule has 0 aliphatic carbocycles. The van der Waals surface area contributed by atoms with Crippen molar-refractivity contribution < 1.29 is 13.5 Å². The standard InChI is InChI=1S/C20H30N2O3S/c1-26(24,25)18-7-5-15(6-8-18)11-21-12-16-10-17(13-21)20(14-23)22-9-3-2-4-19(16)22/h5-8,16-17,19-20,23H,2-4,9-14H2,1H3/t16-,17+,19+,20+/m1/s1. The average Bonchev–Trinajstić information content (AvgIpc) is 2.62. The molecule has 3 aliphatic rings.